The summed E-state index contributed by atoms with van der Waals surface area (Å²) >= 11 is 0. The van der Waals surface area contributed by atoms with E-state index < -0.39 is 0 Å². The monoisotopic (exact) mass is 242 g/mol. The van der Waals surface area contributed by atoms with Crippen LogP contribution in [0.15, 0.2) is 54.3 Å². The first-order chi connectivity index (χ1) is 8.54. The van der Waals surface area contributed by atoms with E-state index in [2.05, 4.69) is 13.8 Å². The molecule has 0 fully saturated rings. The van der Waals surface area contributed by atoms with Gasteiger partial charge in [-0.15, -0.1) is 0 Å². The molecule has 0 aromatic heterocycles. The van der Waals surface area contributed by atoms with E-state index in [-0.39, 0.29) is 17.1 Å². The molecule has 18 heavy (non-hydrogen) atoms. The van der Waals surface area contributed by atoms with Gasteiger partial charge in [-0.25, -0.2) is 0 Å². The third-order valence-electron chi connectivity index (χ3n) is 3.35. The lowest BCUT2D eigenvalue weighted by atomic mass is 9.72. The molecule has 2 heteroatoms. The fourth-order valence-corrected chi connectivity index (χ4v) is 2.28. The lowest BCUT2D eigenvalue weighted by Crippen LogP contribution is -2.30. The van der Waals surface area contributed by atoms with Crippen LogP contribution in [-0.2, 0) is 4.74 Å². The molecule has 0 aliphatic heterocycles. The minimum absolute atomic E-state index is 0.140. The Morgan fingerprint density at radius 2 is 1.89 bits per heavy atom. The van der Waals surface area contributed by atoms with E-state index in [1.807, 2.05) is 48.6 Å². The van der Waals surface area contributed by atoms with Gasteiger partial charge in [0.25, 0.3) is 0 Å². The van der Waals surface area contributed by atoms with Crippen LogP contribution in [0.2, 0.25) is 0 Å². The zero-order valence-electron chi connectivity index (χ0n) is 11.0. The molecule has 0 heterocycles. The largest absolute Gasteiger partial charge is 0.497 e. The molecule has 1 aromatic carbocycles. The van der Waals surface area contributed by atoms with Gasteiger partial charge in [-0.3, -0.25) is 4.79 Å². The summed E-state index contributed by atoms with van der Waals surface area (Å²) in [5, 5.41) is 0. The maximum atomic E-state index is 12.5. The number of ether oxygens (including phenoxy) is 1. The van der Waals surface area contributed by atoms with Gasteiger partial charge in [-0.2, -0.15) is 0 Å². The van der Waals surface area contributed by atoms with Gasteiger partial charge in [-0.05, 0) is 12.2 Å². The number of benzene rings is 1. The van der Waals surface area contributed by atoms with Crippen LogP contribution in [0, 0.1) is 11.3 Å². The van der Waals surface area contributed by atoms with E-state index >= 15 is 0 Å². The molecule has 1 aromatic rings. The van der Waals surface area contributed by atoms with Crippen molar-refractivity contribution in [3.8, 4) is 0 Å². The molecule has 0 N–H and O–H groups in total. The third-order valence-corrected chi connectivity index (χ3v) is 3.35. The van der Waals surface area contributed by atoms with Crippen LogP contribution >= 0.6 is 0 Å². The lowest BCUT2D eigenvalue weighted by Gasteiger charge is -2.31. The van der Waals surface area contributed by atoms with E-state index in [0.29, 0.717) is 0 Å². The molecule has 0 radical (unpaired) electrons. The van der Waals surface area contributed by atoms with Crippen LogP contribution < -0.4 is 0 Å². The molecule has 94 valence electrons. The summed E-state index contributed by atoms with van der Waals surface area (Å²) in [6.07, 6.45) is 5.82. The molecular formula is C16H18O2. The van der Waals surface area contributed by atoms with E-state index in [9.17, 15) is 4.79 Å². The average molecular weight is 242 g/mol. The summed E-state index contributed by atoms with van der Waals surface area (Å²) in [5.41, 5.74) is 0.530. The number of rotatable bonds is 3. The highest BCUT2D eigenvalue weighted by Crippen LogP contribution is 2.36. The van der Waals surface area contributed by atoms with Crippen LogP contribution in [0.4, 0.5) is 0 Å². The summed E-state index contributed by atoms with van der Waals surface area (Å²) in [6.45, 7) is 4.11. The molecular weight excluding hydrogens is 224 g/mol. The summed E-state index contributed by atoms with van der Waals surface area (Å²) in [5.74, 6) is 0.833. The van der Waals surface area contributed by atoms with Crippen LogP contribution in [0.3, 0.4) is 0 Å². The van der Waals surface area contributed by atoms with Gasteiger partial charge >= 0.3 is 0 Å². The maximum Gasteiger partial charge on any atom is 0.170 e. The Hall–Kier alpha value is -1.83. The van der Waals surface area contributed by atoms with Crippen LogP contribution in [0.1, 0.15) is 24.2 Å². The second-order valence-electron chi connectivity index (χ2n) is 5.14. The number of carbonyl (C=O) groups excluding carboxylic acids is 1. The highest BCUT2D eigenvalue weighted by molar-refractivity contribution is 5.99. The quantitative estimate of drug-likeness (QED) is 0.757. The fourth-order valence-electron chi connectivity index (χ4n) is 2.28. The standard InChI is InChI=1S/C16H18O2/c1-16(2)11-13(18-3)9-10-14(16)15(17)12-7-5-4-6-8-12/h4-11,14H,1-3H3. The van der Waals surface area contributed by atoms with Crippen LogP contribution in [-0.4, -0.2) is 12.9 Å². The predicted octanol–water partition coefficient (Wildman–Crippen LogP) is 3.61. The topological polar surface area (TPSA) is 26.3 Å². The average Bonchev–Trinajstić information content (AvgIpc) is 2.38. The lowest BCUT2D eigenvalue weighted by molar-refractivity contribution is 0.0882. The number of ketones is 1. The van der Waals surface area contributed by atoms with E-state index in [4.69, 9.17) is 4.74 Å². The smallest absolute Gasteiger partial charge is 0.170 e. The molecule has 1 unspecified atom stereocenters. The first kappa shape index (κ1) is 12.6. The minimum atomic E-state index is -0.229. The molecule has 0 bridgehead atoms. The van der Waals surface area contributed by atoms with Gasteiger partial charge in [-0.1, -0.05) is 50.3 Å². The minimum Gasteiger partial charge on any atom is -0.497 e. The second kappa shape index (κ2) is 4.81. The number of carbonyl (C=O) groups is 1. The van der Waals surface area contributed by atoms with Crippen molar-refractivity contribution >= 4 is 5.78 Å². The van der Waals surface area contributed by atoms with Crippen molar-refractivity contribution in [2.75, 3.05) is 7.11 Å². The molecule has 0 spiro atoms. The van der Waals surface area contributed by atoms with Gasteiger partial charge in [0.2, 0.25) is 0 Å². The van der Waals surface area contributed by atoms with Gasteiger partial charge in [0.1, 0.15) is 5.76 Å². The Morgan fingerprint density at radius 3 is 2.44 bits per heavy atom. The molecule has 1 aliphatic rings. The molecule has 0 saturated carbocycles. The zero-order valence-corrected chi connectivity index (χ0v) is 11.0. The summed E-state index contributed by atoms with van der Waals surface area (Å²) in [6, 6.07) is 9.43. The predicted molar refractivity (Wildman–Crippen MR) is 72.3 cm³/mol. The van der Waals surface area contributed by atoms with Gasteiger partial charge in [0, 0.05) is 16.9 Å². The highest BCUT2D eigenvalue weighted by Gasteiger charge is 2.34. The summed E-state index contributed by atoms with van der Waals surface area (Å²) in [7, 11) is 1.64. The van der Waals surface area contributed by atoms with Gasteiger partial charge in [0.05, 0.1) is 7.11 Å². The van der Waals surface area contributed by atoms with Crippen molar-refractivity contribution in [2.24, 2.45) is 11.3 Å². The normalized spacial score (nSPS) is 21.3. The van der Waals surface area contributed by atoms with Crippen molar-refractivity contribution in [2.45, 2.75) is 13.8 Å². The van der Waals surface area contributed by atoms with Crippen molar-refractivity contribution in [3.63, 3.8) is 0 Å². The first-order valence-corrected chi connectivity index (χ1v) is 6.09. The Balaban J connectivity index is 2.28. The second-order valence-corrected chi connectivity index (χ2v) is 5.14. The van der Waals surface area contributed by atoms with Crippen molar-refractivity contribution in [1.82, 2.24) is 0 Å². The number of hydrogen-bond acceptors (Lipinski definition) is 2. The fraction of sp³-hybridized carbons (Fsp3) is 0.312. The maximum absolute atomic E-state index is 12.5. The van der Waals surface area contributed by atoms with Crippen molar-refractivity contribution in [3.05, 3.63) is 59.9 Å². The number of allylic oxidation sites excluding steroid dienone is 3. The van der Waals surface area contributed by atoms with E-state index in [1.54, 1.807) is 7.11 Å². The van der Waals surface area contributed by atoms with Crippen molar-refractivity contribution < 1.29 is 9.53 Å². The zero-order chi connectivity index (χ0) is 13.2. The highest BCUT2D eigenvalue weighted by atomic mass is 16.5. The van der Waals surface area contributed by atoms with Crippen LogP contribution in [0.25, 0.3) is 0 Å². The number of Topliss-reactive ketones (excluding diaryl/α,β-unsaturated/α-hetero) is 1. The Morgan fingerprint density at radius 1 is 1.22 bits per heavy atom. The molecule has 2 rings (SSSR count). The van der Waals surface area contributed by atoms with E-state index in [1.165, 1.54) is 0 Å². The first-order valence-electron chi connectivity index (χ1n) is 6.09. The van der Waals surface area contributed by atoms with E-state index in [0.717, 1.165) is 11.3 Å². The third kappa shape index (κ3) is 2.37. The summed E-state index contributed by atoms with van der Waals surface area (Å²) < 4.78 is 5.22. The van der Waals surface area contributed by atoms with Gasteiger partial charge < -0.3 is 4.74 Å². The molecule has 0 amide bonds. The number of methoxy groups -OCH3 is 1. The Kier molecular flexibility index (Phi) is 3.37. The molecule has 1 aliphatic carbocycles. The number of hydrogen-bond donors (Lipinski definition) is 0. The molecule has 2 nitrogen and oxygen atoms in total. The molecule has 0 saturated heterocycles. The van der Waals surface area contributed by atoms with Gasteiger partial charge in [0.15, 0.2) is 5.78 Å². The Bertz CT molecular complexity index is 495. The summed E-state index contributed by atoms with van der Waals surface area (Å²) in [4.78, 5) is 12.5. The Labute approximate surface area is 108 Å². The van der Waals surface area contributed by atoms with Crippen molar-refractivity contribution in [1.29, 1.82) is 0 Å². The van der Waals surface area contributed by atoms with Crippen LogP contribution in [0.5, 0.6) is 0 Å². The SMILES string of the molecule is COC1=CC(C)(C)C(C(=O)c2ccccc2)C=C1. The molecule has 1 atom stereocenters.